The highest BCUT2D eigenvalue weighted by Crippen LogP contribution is 2.61. The van der Waals surface area contributed by atoms with E-state index in [9.17, 15) is 4.79 Å². The molecule has 0 aromatic rings. The Morgan fingerprint density at radius 3 is 3.08 bits per heavy atom. The van der Waals surface area contributed by atoms with E-state index < -0.39 is 0 Å². The second kappa shape index (κ2) is 2.75. The molecule has 68 valence electrons. The zero-order valence-electron chi connectivity index (χ0n) is 7.64. The molecule has 0 N–H and O–H groups in total. The third-order valence-corrected chi connectivity index (χ3v) is 3.34. The van der Waals surface area contributed by atoms with Gasteiger partial charge < -0.3 is 4.74 Å². The molecule has 0 bridgehead atoms. The fourth-order valence-electron chi connectivity index (χ4n) is 2.52. The summed E-state index contributed by atoms with van der Waals surface area (Å²) in [7, 11) is 0. The molecule has 0 saturated heterocycles. The maximum atomic E-state index is 11.5. The van der Waals surface area contributed by atoms with Gasteiger partial charge in [-0.15, -0.1) is 0 Å². The first kappa shape index (κ1) is 8.09. The Balaban J connectivity index is 1.98. The molecule has 2 nitrogen and oxygen atoms in total. The Morgan fingerprint density at radius 2 is 2.42 bits per heavy atom. The minimum atomic E-state index is -0.00569. The van der Waals surface area contributed by atoms with Gasteiger partial charge in [-0.2, -0.15) is 0 Å². The molecule has 2 saturated carbocycles. The molecule has 0 unspecified atom stereocenters. The highest BCUT2D eigenvalue weighted by molar-refractivity contribution is 5.80. The Labute approximate surface area is 73.3 Å². The van der Waals surface area contributed by atoms with Gasteiger partial charge in [0.15, 0.2) is 0 Å². The second-order valence-corrected chi connectivity index (χ2v) is 4.02. The molecule has 0 aromatic heterocycles. The monoisotopic (exact) mass is 168 g/mol. The first-order valence-corrected chi connectivity index (χ1v) is 4.97. The summed E-state index contributed by atoms with van der Waals surface area (Å²) in [5.41, 5.74) is -0.00569. The molecule has 0 aromatic carbocycles. The van der Waals surface area contributed by atoms with E-state index in [4.69, 9.17) is 4.74 Å². The van der Waals surface area contributed by atoms with E-state index in [0.717, 1.165) is 12.8 Å². The van der Waals surface area contributed by atoms with Crippen LogP contribution in [0.25, 0.3) is 0 Å². The lowest BCUT2D eigenvalue weighted by molar-refractivity contribution is -0.151. The Kier molecular flexibility index (Phi) is 1.85. The molecule has 0 spiro atoms. The Morgan fingerprint density at radius 1 is 1.58 bits per heavy atom. The van der Waals surface area contributed by atoms with E-state index in [0.29, 0.717) is 12.5 Å². The number of esters is 1. The van der Waals surface area contributed by atoms with Crippen LogP contribution in [-0.2, 0) is 9.53 Å². The first-order chi connectivity index (χ1) is 5.79. The van der Waals surface area contributed by atoms with Gasteiger partial charge in [0.2, 0.25) is 0 Å². The van der Waals surface area contributed by atoms with Crippen molar-refractivity contribution in [3.05, 3.63) is 0 Å². The summed E-state index contributed by atoms with van der Waals surface area (Å²) < 4.78 is 5.09. The molecule has 2 aliphatic rings. The maximum Gasteiger partial charge on any atom is 0.312 e. The van der Waals surface area contributed by atoms with Crippen LogP contribution in [0.15, 0.2) is 0 Å². The Hall–Kier alpha value is -0.530. The van der Waals surface area contributed by atoms with Crippen LogP contribution in [0.2, 0.25) is 0 Å². The van der Waals surface area contributed by atoms with Gasteiger partial charge in [0, 0.05) is 0 Å². The van der Waals surface area contributed by atoms with Crippen LogP contribution < -0.4 is 0 Å². The van der Waals surface area contributed by atoms with E-state index in [-0.39, 0.29) is 11.4 Å². The topological polar surface area (TPSA) is 26.3 Å². The Bertz CT molecular complexity index is 200. The third kappa shape index (κ3) is 1.05. The van der Waals surface area contributed by atoms with E-state index >= 15 is 0 Å². The van der Waals surface area contributed by atoms with Gasteiger partial charge in [0.05, 0.1) is 12.0 Å². The van der Waals surface area contributed by atoms with Crippen LogP contribution in [0.3, 0.4) is 0 Å². The van der Waals surface area contributed by atoms with Crippen molar-refractivity contribution in [2.75, 3.05) is 6.61 Å². The predicted molar refractivity (Wildman–Crippen MR) is 45.6 cm³/mol. The first-order valence-electron chi connectivity index (χ1n) is 4.97. The zero-order valence-corrected chi connectivity index (χ0v) is 7.64. The molecule has 2 heteroatoms. The van der Waals surface area contributed by atoms with E-state index in [1.54, 1.807) is 0 Å². The van der Waals surface area contributed by atoms with Gasteiger partial charge >= 0.3 is 5.97 Å². The summed E-state index contributed by atoms with van der Waals surface area (Å²) in [5.74, 6) is 0.750. The molecular formula is C10H16O2. The van der Waals surface area contributed by atoms with Crippen molar-refractivity contribution < 1.29 is 9.53 Å². The zero-order chi connectivity index (χ0) is 8.60. The van der Waals surface area contributed by atoms with Crippen molar-refractivity contribution in [3.8, 4) is 0 Å². The summed E-state index contributed by atoms with van der Waals surface area (Å²) in [4.78, 5) is 11.5. The van der Waals surface area contributed by atoms with Crippen molar-refractivity contribution in [3.63, 3.8) is 0 Å². The average molecular weight is 168 g/mol. The van der Waals surface area contributed by atoms with Crippen molar-refractivity contribution in [1.82, 2.24) is 0 Å². The molecule has 0 amide bonds. The van der Waals surface area contributed by atoms with E-state index in [1.165, 1.54) is 19.3 Å². The third-order valence-electron chi connectivity index (χ3n) is 3.34. The summed E-state index contributed by atoms with van der Waals surface area (Å²) in [6.07, 6.45) is 5.96. The number of carbonyl (C=O) groups excluding carboxylic acids is 1. The number of ether oxygens (including phenoxy) is 1. The molecule has 2 aliphatic carbocycles. The van der Waals surface area contributed by atoms with Gasteiger partial charge in [-0.1, -0.05) is 12.8 Å². The standard InChI is InChI=1S/C10H16O2/c1-2-12-9(11)10-6-4-3-5-8(10)7-10/h8H,2-7H2,1H3/t8-,10+/m0/s1. The SMILES string of the molecule is CCOC(=O)[C@@]12CCCC[C@H]1C2. The number of hydrogen-bond donors (Lipinski definition) is 0. The molecule has 12 heavy (non-hydrogen) atoms. The minimum Gasteiger partial charge on any atom is -0.466 e. The van der Waals surface area contributed by atoms with Crippen molar-refractivity contribution in [2.24, 2.45) is 11.3 Å². The van der Waals surface area contributed by atoms with Crippen LogP contribution in [-0.4, -0.2) is 12.6 Å². The normalized spacial score (nSPS) is 38.6. The van der Waals surface area contributed by atoms with Gasteiger partial charge in [-0.3, -0.25) is 4.79 Å². The molecule has 0 aliphatic heterocycles. The summed E-state index contributed by atoms with van der Waals surface area (Å²) in [6, 6.07) is 0. The molecule has 2 atom stereocenters. The van der Waals surface area contributed by atoms with Crippen LogP contribution in [0.5, 0.6) is 0 Å². The molecule has 2 rings (SSSR count). The van der Waals surface area contributed by atoms with Crippen molar-refractivity contribution in [2.45, 2.75) is 39.0 Å². The number of fused-ring (bicyclic) bond motifs is 1. The lowest BCUT2D eigenvalue weighted by Crippen LogP contribution is -2.23. The lowest BCUT2D eigenvalue weighted by atomic mass is 9.88. The van der Waals surface area contributed by atoms with Crippen LogP contribution in [0, 0.1) is 11.3 Å². The fourth-order valence-corrected chi connectivity index (χ4v) is 2.52. The largest absolute Gasteiger partial charge is 0.466 e. The fraction of sp³-hybridized carbons (Fsp3) is 0.900. The van der Waals surface area contributed by atoms with Crippen molar-refractivity contribution in [1.29, 1.82) is 0 Å². The molecule has 0 heterocycles. The van der Waals surface area contributed by atoms with Crippen LogP contribution in [0.4, 0.5) is 0 Å². The van der Waals surface area contributed by atoms with Gasteiger partial charge in [0.25, 0.3) is 0 Å². The van der Waals surface area contributed by atoms with E-state index in [2.05, 4.69) is 0 Å². The molecule has 0 radical (unpaired) electrons. The van der Waals surface area contributed by atoms with E-state index in [1.807, 2.05) is 6.92 Å². The number of carbonyl (C=O) groups is 1. The summed E-state index contributed by atoms with van der Waals surface area (Å²) in [6.45, 7) is 2.42. The number of hydrogen-bond acceptors (Lipinski definition) is 2. The van der Waals surface area contributed by atoms with Gasteiger partial charge in [0.1, 0.15) is 0 Å². The second-order valence-electron chi connectivity index (χ2n) is 4.02. The smallest absolute Gasteiger partial charge is 0.312 e. The minimum absolute atomic E-state index is 0.00569. The van der Waals surface area contributed by atoms with Gasteiger partial charge in [-0.25, -0.2) is 0 Å². The summed E-state index contributed by atoms with van der Waals surface area (Å²) in [5, 5.41) is 0. The van der Waals surface area contributed by atoms with Gasteiger partial charge in [-0.05, 0) is 32.1 Å². The highest BCUT2D eigenvalue weighted by atomic mass is 16.5. The quantitative estimate of drug-likeness (QED) is 0.590. The predicted octanol–water partition coefficient (Wildman–Crippen LogP) is 2.13. The average Bonchev–Trinajstić information content (AvgIpc) is 2.79. The lowest BCUT2D eigenvalue weighted by Gasteiger charge is -2.19. The number of rotatable bonds is 2. The van der Waals surface area contributed by atoms with Crippen LogP contribution in [0.1, 0.15) is 39.0 Å². The van der Waals surface area contributed by atoms with Crippen LogP contribution >= 0.6 is 0 Å². The molecule has 2 fully saturated rings. The summed E-state index contributed by atoms with van der Waals surface area (Å²) >= 11 is 0. The maximum absolute atomic E-state index is 11.5. The van der Waals surface area contributed by atoms with Crippen molar-refractivity contribution >= 4 is 5.97 Å². The molecular weight excluding hydrogens is 152 g/mol. The highest BCUT2D eigenvalue weighted by Gasteiger charge is 2.61.